The number of hydrogen-bond acceptors (Lipinski definition) is 2. The Kier molecular flexibility index (Phi) is 4.88. The maximum Gasteiger partial charge on any atom is 0.133 e. The maximum atomic E-state index is 5.22. The van der Waals surface area contributed by atoms with Crippen LogP contribution < -0.4 is 10.1 Å². The zero-order chi connectivity index (χ0) is 13.8. The van der Waals surface area contributed by atoms with Gasteiger partial charge in [0.1, 0.15) is 5.75 Å². The molecule has 0 fully saturated rings. The van der Waals surface area contributed by atoms with Gasteiger partial charge in [-0.3, -0.25) is 0 Å². The van der Waals surface area contributed by atoms with Crippen LogP contribution in [0.3, 0.4) is 0 Å². The quantitative estimate of drug-likeness (QED) is 0.787. The molecule has 0 spiro atoms. The van der Waals surface area contributed by atoms with Crippen molar-refractivity contribution in [1.29, 1.82) is 0 Å². The number of nitrogens with one attached hydrogen (secondary N) is 1. The van der Waals surface area contributed by atoms with Crippen molar-refractivity contribution in [2.45, 2.75) is 13.5 Å². The van der Waals surface area contributed by atoms with E-state index in [9.17, 15) is 0 Å². The SMILES string of the molecule is COc1ccc(CNc2cc(Br)ccc2C)cc1Br. The fraction of sp³-hybridized carbons (Fsp3) is 0.200. The van der Waals surface area contributed by atoms with Gasteiger partial charge in [-0.05, 0) is 58.2 Å². The van der Waals surface area contributed by atoms with Gasteiger partial charge in [0.25, 0.3) is 0 Å². The van der Waals surface area contributed by atoms with Crippen LogP contribution in [0.15, 0.2) is 45.3 Å². The molecule has 0 atom stereocenters. The summed E-state index contributed by atoms with van der Waals surface area (Å²) in [6.45, 7) is 2.87. The lowest BCUT2D eigenvalue weighted by molar-refractivity contribution is 0.412. The monoisotopic (exact) mass is 383 g/mol. The van der Waals surface area contributed by atoms with Crippen LogP contribution in [0.1, 0.15) is 11.1 Å². The van der Waals surface area contributed by atoms with Gasteiger partial charge in [0.2, 0.25) is 0 Å². The predicted molar refractivity (Wildman–Crippen MR) is 86.9 cm³/mol. The first kappa shape index (κ1) is 14.4. The van der Waals surface area contributed by atoms with E-state index in [4.69, 9.17) is 4.74 Å². The van der Waals surface area contributed by atoms with E-state index in [2.05, 4.69) is 68.4 Å². The number of benzene rings is 2. The molecule has 1 N–H and O–H groups in total. The van der Waals surface area contributed by atoms with Crippen molar-refractivity contribution in [3.8, 4) is 5.75 Å². The van der Waals surface area contributed by atoms with E-state index in [1.54, 1.807) is 7.11 Å². The minimum absolute atomic E-state index is 0.778. The number of anilines is 1. The first-order valence-electron chi connectivity index (χ1n) is 5.92. The van der Waals surface area contributed by atoms with E-state index >= 15 is 0 Å². The summed E-state index contributed by atoms with van der Waals surface area (Å²) in [5.41, 5.74) is 3.57. The molecule has 0 radical (unpaired) electrons. The molecule has 0 aromatic heterocycles. The second kappa shape index (κ2) is 6.44. The van der Waals surface area contributed by atoms with Crippen molar-refractivity contribution in [1.82, 2.24) is 0 Å². The standard InChI is InChI=1S/C15H15Br2NO/c1-10-3-5-12(16)8-14(10)18-9-11-4-6-15(19-2)13(17)7-11/h3-8,18H,9H2,1-2H3. The molecular weight excluding hydrogens is 370 g/mol. The molecular formula is C15H15Br2NO. The van der Waals surface area contributed by atoms with Crippen LogP contribution in [0.25, 0.3) is 0 Å². The molecule has 2 aromatic rings. The smallest absolute Gasteiger partial charge is 0.133 e. The van der Waals surface area contributed by atoms with E-state index in [0.29, 0.717) is 0 Å². The molecule has 19 heavy (non-hydrogen) atoms. The number of ether oxygens (including phenoxy) is 1. The Hall–Kier alpha value is -1.00. The highest BCUT2D eigenvalue weighted by Gasteiger charge is 2.03. The number of methoxy groups -OCH3 is 1. The van der Waals surface area contributed by atoms with Crippen molar-refractivity contribution in [2.24, 2.45) is 0 Å². The Bertz CT molecular complexity index is 584. The second-order valence-corrected chi connectivity index (χ2v) is 6.05. The Balaban J connectivity index is 2.10. The van der Waals surface area contributed by atoms with Crippen LogP contribution in [0.4, 0.5) is 5.69 Å². The van der Waals surface area contributed by atoms with Crippen LogP contribution in [-0.4, -0.2) is 7.11 Å². The topological polar surface area (TPSA) is 21.3 Å². The van der Waals surface area contributed by atoms with Crippen molar-refractivity contribution in [3.05, 3.63) is 56.5 Å². The van der Waals surface area contributed by atoms with E-state index < -0.39 is 0 Å². The van der Waals surface area contributed by atoms with Gasteiger partial charge in [-0.2, -0.15) is 0 Å². The average molecular weight is 385 g/mol. The normalized spacial score (nSPS) is 10.3. The molecule has 0 heterocycles. The van der Waals surface area contributed by atoms with Crippen LogP contribution >= 0.6 is 31.9 Å². The van der Waals surface area contributed by atoms with E-state index in [0.717, 1.165) is 26.9 Å². The van der Waals surface area contributed by atoms with Crippen molar-refractivity contribution < 1.29 is 4.74 Å². The van der Waals surface area contributed by atoms with Crippen LogP contribution in [0.5, 0.6) is 5.75 Å². The number of hydrogen-bond donors (Lipinski definition) is 1. The minimum Gasteiger partial charge on any atom is -0.496 e. The van der Waals surface area contributed by atoms with E-state index in [1.165, 1.54) is 11.1 Å². The van der Waals surface area contributed by atoms with Gasteiger partial charge in [-0.1, -0.05) is 28.1 Å². The molecule has 0 bridgehead atoms. The molecule has 0 aliphatic rings. The van der Waals surface area contributed by atoms with E-state index in [-0.39, 0.29) is 0 Å². The third kappa shape index (κ3) is 3.74. The highest BCUT2D eigenvalue weighted by atomic mass is 79.9. The molecule has 100 valence electrons. The lowest BCUT2D eigenvalue weighted by atomic mass is 10.1. The largest absolute Gasteiger partial charge is 0.496 e. The summed E-state index contributed by atoms with van der Waals surface area (Å²) >= 11 is 6.99. The third-order valence-corrected chi connectivity index (χ3v) is 4.01. The molecule has 0 aliphatic carbocycles. The van der Waals surface area contributed by atoms with Gasteiger partial charge >= 0.3 is 0 Å². The average Bonchev–Trinajstić information content (AvgIpc) is 2.40. The summed E-state index contributed by atoms with van der Waals surface area (Å²) in [5, 5.41) is 3.44. The first-order valence-corrected chi connectivity index (χ1v) is 7.51. The summed E-state index contributed by atoms with van der Waals surface area (Å²) in [7, 11) is 1.67. The zero-order valence-corrected chi connectivity index (χ0v) is 14.0. The van der Waals surface area contributed by atoms with Crippen LogP contribution in [0, 0.1) is 6.92 Å². The Morgan fingerprint density at radius 2 is 1.89 bits per heavy atom. The molecule has 2 nitrogen and oxygen atoms in total. The van der Waals surface area contributed by atoms with Gasteiger partial charge < -0.3 is 10.1 Å². The molecule has 0 saturated heterocycles. The third-order valence-electron chi connectivity index (χ3n) is 2.90. The maximum absolute atomic E-state index is 5.22. The summed E-state index contributed by atoms with van der Waals surface area (Å²) < 4.78 is 7.28. The number of halogens is 2. The van der Waals surface area contributed by atoms with Gasteiger partial charge in [0.15, 0.2) is 0 Å². The molecule has 0 saturated carbocycles. The lowest BCUT2D eigenvalue weighted by Crippen LogP contribution is -2.01. The summed E-state index contributed by atoms with van der Waals surface area (Å²) in [4.78, 5) is 0. The first-order chi connectivity index (χ1) is 9.10. The van der Waals surface area contributed by atoms with Crippen molar-refractivity contribution in [2.75, 3.05) is 12.4 Å². The van der Waals surface area contributed by atoms with Crippen molar-refractivity contribution >= 4 is 37.5 Å². The van der Waals surface area contributed by atoms with Gasteiger partial charge in [-0.15, -0.1) is 0 Å². The second-order valence-electron chi connectivity index (χ2n) is 4.28. The molecule has 0 amide bonds. The fourth-order valence-electron chi connectivity index (χ4n) is 1.80. The Morgan fingerprint density at radius 1 is 1.11 bits per heavy atom. The van der Waals surface area contributed by atoms with Gasteiger partial charge in [0, 0.05) is 16.7 Å². The van der Waals surface area contributed by atoms with Gasteiger partial charge in [-0.25, -0.2) is 0 Å². The highest BCUT2D eigenvalue weighted by molar-refractivity contribution is 9.10. The van der Waals surface area contributed by atoms with Crippen LogP contribution in [0.2, 0.25) is 0 Å². The molecule has 2 rings (SSSR count). The molecule has 0 aliphatic heterocycles. The van der Waals surface area contributed by atoms with E-state index in [1.807, 2.05) is 12.1 Å². The molecule has 2 aromatic carbocycles. The summed E-state index contributed by atoms with van der Waals surface area (Å²) in [5.74, 6) is 0.849. The summed E-state index contributed by atoms with van der Waals surface area (Å²) in [6.07, 6.45) is 0. The Labute approximate surface area is 130 Å². The Morgan fingerprint density at radius 3 is 2.58 bits per heavy atom. The fourth-order valence-corrected chi connectivity index (χ4v) is 2.75. The number of rotatable bonds is 4. The zero-order valence-electron chi connectivity index (χ0n) is 10.8. The van der Waals surface area contributed by atoms with Crippen LogP contribution in [-0.2, 0) is 6.54 Å². The lowest BCUT2D eigenvalue weighted by Gasteiger charge is -2.11. The summed E-state index contributed by atoms with van der Waals surface area (Å²) in [6, 6.07) is 12.3. The van der Waals surface area contributed by atoms with Gasteiger partial charge in [0.05, 0.1) is 11.6 Å². The minimum atomic E-state index is 0.778. The predicted octanol–water partition coefficient (Wildman–Crippen LogP) is 5.14. The van der Waals surface area contributed by atoms with Crippen molar-refractivity contribution in [3.63, 3.8) is 0 Å². The number of aryl methyl sites for hydroxylation is 1. The highest BCUT2D eigenvalue weighted by Crippen LogP contribution is 2.26. The molecule has 4 heteroatoms. The molecule has 0 unspecified atom stereocenters.